The third-order valence-electron chi connectivity index (χ3n) is 4.66. The van der Waals surface area contributed by atoms with E-state index in [1.54, 1.807) is 0 Å². The number of rotatable bonds is 6. The molecule has 208 valence electrons. The van der Waals surface area contributed by atoms with Crippen LogP contribution in [0.3, 0.4) is 0 Å². The maximum atomic E-state index is 6.53. The Labute approximate surface area is 258 Å². The van der Waals surface area contributed by atoms with E-state index in [4.69, 9.17) is 9.05 Å². The molecule has 2 aliphatic heterocycles. The Morgan fingerprint density at radius 2 is 1.05 bits per heavy atom. The maximum absolute atomic E-state index is 6.53. The van der Waals surface area contributed by atoms with Gasteiger partial charge in [-0.15, -0.1) is 0 Å². The average Bonchev–Trinajstić information content (AvgIpc) is 3.61. The Morgan fingerprint density at radius 1 is 0.649 bits per heavy atom. The van der Waals surface area contributed by atoms with E-state index in [-0.39, 0.29) is 46.3 Å². The van der Waals surface area contributed by atoms with Gasteiger partial charge in [0.25, 0.3) is 0 Å². The fourth-order valence-electron chi connectivity index (χ4n) is 3.38. The van der Waals surface area contributed by atoms with Gasteiger partial charge < -0.3 is 0 Å². The summed E-state index contributed by atoms with van der Waals surface area (Å²) in [5.74, 6) is -3.06. The summed E-state index contributed by atoms with van der Waals surface area (Å²) in [6, 6.07) is 37.6. The maximum Gasteiger partial charge on any atom is 0 e. The minimum absolute atomic E-state index is 0. The normalized spacial score (nSPS) is 25.5. The second-order valence-electron chi connectivity index (χ2n) is 8.38. The van der Waals surface area contributed by atoms with E-state index in [1.165, 1.54) is 10.6 Å². The molecule has 0 amide bonds. The molecule has 2 aliphatic rings. The predicted octanol–water partition coefficient (Wildman–Crippen LogP) is 9.65. The van der Waals surface area contributed by atoms with E-state index >= 15 is 0 Å². The largest absolute Gasteiger partial charge is 0.214 e. The minimum atomic E-state index is -2.47. The molecule has 2 fully saturated rings. The van der Waals surface area contributed by atoms with Gasteiger partial charge in [-0.25, -0.2) is 24.3 Å². The SMILES string of the molecule is CC(C)O[P+]1([c-]2cccc2)[S][Pb]2([S]1)[S][P+](OC(C)C)([c-]1[cH-][cH-][cH-][cH-]1)[S]2.[Fe].[Fe].c1cc[cH-]c1.c1cc[cH-]c1. The van der Waals surface area contributed by atoms with Gasteiger partial charge in [-0.2, -0.15) is 36.4 Å². The summed E-state index contributed by atoms with van der Waals surface area (Å²) < 4.78 is 13.1. The molecule has 0 aromatic heterocycles. The molecule has 2 saturated heterocycles. The fourth-order valence-corrected chi connectivity index (χ4v) is 280. The van der Waals surface area contributed by atoms with Gasteiger partial charge in [-0.1, -0.05) is 0 Å². The number of hydrogen-bond acceptors (Lipinski definition) is 6. The van der Waals surface area contributed by atoms with E-state index < -0.39 is 27.0 Å². The molecule has 1 spiro atoms. The average molecular weight is 886 g/mol. The van der Waals surface area contributed by atoms with Gasteiger partial charge in [0, 0.05) is 34.1 Å². The molecule has 0 bridgehead atoms. The van der Waals surface area contributed by atoms with Gasteiger partial charge in [0.05, 0.1) is 0 Å². The van der Waals surface area contributed by atoms with Crippen molar-refractivity contribution in [2.24, 2.45) is 0 Å². The molecule has 2 heterocycles. The van der Waals surface area contributed by atoms with E-state index in [0.717, 1.165) is 0 Å². The topological polar surface area (TPSA) is 18.5 Å². The molecule has 37 heavy (non-hydrogen) atoms. The van der Waals surface area contributed by atoms with Crippen LogP contribution >= 0.6 is 43.5 Å². The third kappa shape index (κ3) is 9.27. The van der Waals surface area contributed by atoms with Crippen LogP contribution in [0.4, 0.5) is 0 Å². The van der Waals surface area contributed by atoms with Crippen LogP contribution in [0.1, 0.15) is 27.7 Å². The van der Waals surface area contributed by atoms with Crippen LogP contribution in [0, 0.1) is 0 Å². The van der Waals surface area contributed by atoms with E-state index in [2.05, 4.69) is 108 Å². The first-order chi connectivity index (χ1) is 16.9. The van der Waals surface area contributed by atoms with Crippen LogP contribution in [0.5, 0.6) is 0 Å². The van der Waals surface area contributed by atoms with Crippen molar-refractivity contribution in [1.82, 2.24) is 0 Å². The zero-order valence-corrected chi connectivity index (χ0v) is 32.2. The summed E-state index contributed by atoms with van der Waals surface area (Å²) in [5, 5.41) is 2.86. The molecule has 2 nitrogen and oxygen atoms in total. The van der Waals surface area contributed by atoms with Gasteiger partial charge in [0.1, 0.15) is 0 Å². The molecule has 4 aromatic carbocycles. The fraction of sp³-hybridized carbons (Fsp3) is 0.231. The molecule has 11 heteroatoms. The monoisotopic (exact) mass is 886 g/mol. The Morgan fingerprint density at radius 3 is 1.43 bits per heavy atom. The Bertz CT molecular complexity index is 954. The third-order valence-corrected chi connectivity index (χ3v) is 178. The minimum Gasteiger partial charge on any atom is -0.214 e. The summed E-state index contributed by atoms with van der Waals surface area (Å²) in [7, 11) is 9.08. The molecule has 4 aromatic rings. The molecule has 0 aliphatic carbocycles. The standard InChI is InChI=1S/2C8H11OPS2.2C5H5.2Fe.Pb/c2*1-7(2)9-10(11,12)8-5-3-4-6-8;2*1-2-4-5-3-1;;;/h2*3-7H,1-2H3;2*1-5H;;;/q-6;-2;2*-1;;;+4. The van der Waals surface area contributed by atoms with Crippen molar-refractivity contribution < 1.29 is 43.2 Å². The van der Waals surface area contributed by atoms with Crippen molar-refractivity contribution in [3.63, 3.8) is 0 Å². The van der Waals surface area contributed by atoms with Crippen LogP contribution in [0.2, 0.25) is 0 Å². The van der Waals surface area contributed by atoms with Gasteiger partial charge in [0.2, 0.25) is 0 Å². The second-order valence-corrected chi connectivity index (χ2v) is 86.8. The summed E-state index contributed by atoms with van der Waals surface area (Å²) >= 11 is -2.47. The first kappa shape index (κ1) is 34.7. The van der Waals surface area contributed by atoms with E-state index in [9.17, 15) is 0 Å². The van der Waals surface area contributed by atoms with E-state index in [1.807, 2.05) is 60.7 Å². The van der Waals surface area contributed by atoms with Crippen LogP contribution in [-0.2, 0) is 43.2 Å². The summed E-state index contributed by atoms with van der Waals surface area (Å²) in [5.41, 5.74) is 0. The van der Waals surface area contributed by atoms with Gasteiger partial charge in [-0.3, -0.25) is 0 Å². The second kappa shape index (κ2) is 16.2. The van der Waals surface area contributed by atoms with Crippen LogP contribution in [-0.4, -0.2) is 27.4 Å². The zero-order valence-electron chi connectivity index (χ0n) is 21.1. The zero-order chi connectivity index (χ0) is 24.8. The molecular weight excluding hydrogens is 853 g/mol. The quantitative estimate of drug-likeness (QED) is 0.108. The molecule has 0 radical (unpaired) electrons. The predicted molar refractivity (Wildman–Crippen MR) is 170 cm³/mol. The van der Waals surface area contributed by atoms with Crippen molar-refractivity contribution in [3.05, 3.63) is 109 Å². The Balaban J connectivity index is 0.000000335. The summed E-state index contributed by atoms with van der Waals surface area (Å²) in [6.07, 6.45) is 0.566. The van der Waals surface area contributed by atoms with Crippen molar-refractivity contribution in [3.8, 4) is 0 Å². The van der Waals surface area contributed by atoms with Crippen molar-refractivity contribution in [2.75, 3.05) is 0 Å². The summed E-state index contributed by atoms with van der Waals surface area (Å²) in [6.45, 7) is 8.66. The smallest absolute Gasteiger partial charge is 0 e. The van der Waals surface area contributed by atoms with Gasteiger partial charge in [0.15, 0.2) is 0 Å². The van der Waals surface area contributed by atoms with Crippen LogP contribution < -0.4 is 10.6 Å². The van der Waals surface area contributed by atoms with Crippen LogP contribution in [0.25, 0.3) is 0 Å². The first-order valence-electron chi connectivity index (χ1n) is 11.6. The van der Waals surface area contributed by atoms with Crippen LogP contribution in [0.15, 0.2) is 109 Å². The Kier molecular flexibility index (Phi) is 15.3. The van der Waals surface area contributed by atoms with Gasteiger partial charge >= 0.3 is 167 Å². The molecule has 6 rings (SSSR count). The molecule has 0 unspecified atom stereocenters. The van der Waals surface area contributed by atoms with Crippen molar-refractivity contribution in [2.45, 2.75) is 39.9 Å². The van der Waals surface area contributed by atoms with E-state index in [0.29, 0.717) is 0 Å². The molecular formula is C26H32Fe2O2P2PbS4-6. The molecule has 0 N–H and O–H groups in total. The first-order valence-corrected chi connectivity index (χ1v) is 39.8. The summed E-state index contributed by atoms with van der Waals surface area (Å²) in [4.78, 5) is 0. The van der Waals surface area contributed by atoms with Crippen molar-refractivity contribution in [1.29, 1.82) is 0 Å². The van der Waals surface area contributed by atoms with Gasteiger partial charge in [-0.05, 0) is 0 Å². The Hall–Kier alpha value is 1.54. The number of hydrogen-bond donors (Lipinski definition) is 0. The van der Waals surface area contributed by atoms with Crippen molar-refractivity contribution >= 4 is 69.3 Å². The molecule has 0 atom stereocenters. The molecule has 0 saturated carbocycles.